The highest BCUT2D eigenvalue weighted by Gasteiger charge is 2.30. The number of ether oxygens (including phenoxy) is 1. The van der Waals surface area contributed by atoms with Crippen LogP contribution in [0.3, 0.4) is 0 Å². The molecule has 0 saturated carbocycles. The van der Waals surface area contributed by atoms with Gasteiger partial charge in [-0.3, -0.25) is 9.59 Å². The summed E-state index contributed by atoms with van der Waals surface area (Å²) in [6.07, 6.45) is 0.412. The van der Waals surface area contributed by atoms with E-state index in [-0.39, 0.29) is 17.7 Å². The van der Waals surface area contributed by atoms with Crippen molar-refractivity contribution in [3.8, 4) is 5.75 Å². The summed E-state index contributed by atoms with van der Waals surface area (Å²) in [6, 6.07) is 14.3. The zero-order valence-electron chi connectivity index (χ0n) is 13.9. The van der Waals surface area contributed by atoms with Crippen LogP contribution in [0.25, 0.3) is 0 Å². The van der Waals surface area contributed by atoms with Crippen molar-refractivity contribution >= 4 is 29.1 Å². The Labute approximate surface area is 151 Å². The lowest BCUT2D eigenvalue weighted by Crippen LogP contribution is -2.31. The minimum atomic E-state index is -0.221. The second-order valence-corrected chi connectivity index (χ2v) is 6.37. The van der Waals surface area contributed by atoms with Gasteiger partial charge < -0.3 is 15.0 Å². The zero-order valence-corrected chi connectivity index (χ0v) is 14.6. The molecular weight excluding hydrogens is 340 g/mol. The number of carbonyl (C=O) groups is 2. The van der Waals surface area contributed by atoms with Crippen LogP contribution in [0, 0.1) is 5.92 Å². The Hall–Kier alpha value is -2.53. The van der Waals surface area contributed by atoms with E-state index in [1.54, 1.807) is 36.3 Å². The maximum absolute atomic E-state index is 12.3. The molecule has 1 aliphatic heterocycles. The number of amides is 2. The molecule has 6 heteroatoms. The number of hydrogen-bond acceptors (Lipinski definition) is 3. The molecule has 0 aromatic heterocycles. The Morgan fingerprint density at radius 2 is 1.96 bits per heavy atom. The van der Waals surface area contributed by atoms with E-state index in [0.717, 1.165) is 11.4 Å². The van der Waals surface area contributed by atoms with Crippen LogP contribution in [0.1, 0.15) is 16.8 Å². The van der Waals surface area contributed by atoms with Gasteiger partial charge in [0.05, 0.1) is 17.7 Å². The van der Waals surface area contributed by atoms with Gasteiger partial charge in [-0.25, -0.2) is 0 Å². The first-order chi connectivity index (χ1) is 12.1. The summed E-state index contributed by atoms with van der Waals surface area (Å²) in [5, 5.41) is 3.29. The molecule has 1 saturated heterocycles. The number of rotatable bonds is 5. The molecule has 1 N–H and O–H groups in total. The molecule has 0 spiro atoms. The molecule has 0 radical (unpaired) electrons. The molecular formula is C19H19ClN2O3. The normalized spacial score (nSPS) is 16.8. The molecule has 0 bridgehead atoms. The van der Waals surface area contributed by atoms with Crippen molar-refractivity contribution in [3.05, 3.63) is 59.1 Å². The highest BCUT2D eigenvalue weighted by Crippen LogP contribution is 2.26. The maximum Gasteiger partial charge on any atom is 0.252 e. The first-order valence-electron chi connectivity index (χ1n) is 8.05. The molecule has 2 aromatic carbocycles. The molecule has 130 valence electrons. The number of benzene rings is 2. The third-order valence-corrected chi connectivity index (χ3v) is 4.59. The van der Waals surface area contributed by atoms with Crippen molar-refractivity contribution in [2.24, 2.45) is 5.92 Å². The van der Waals surface area contributed by atoms with Crippen molar-refractivity contribution in [3.63, 3.8) is 0 Å². The van der Waals surface area contributed by atoms with E-state index in [4.69, 9.17) is 16.3 Å². The quantitative estimate of drug-likeness (QED) is 0.893. The smallest absolute Gasteiger partial charge is 0.252 e. The average Bonchev–Trinajstić information content (AvgIpc) is 3.01. The van der Waals surface area contributed by atoms with Crippen molar-refractivity contribution in [2.45, 2.75) is 6.42 Å². The van der Waals surface area contributed by atoms with E-state index in [1.807, 2.05) is 24.3 Å². The number of nitrogens with zero attached hydrogens (tertiary/aromatic N) is 1. The van der Waals surface area contributed by atoms with Crippen molar-refractivity contribution < 1.29 is 14.3 Å². The Kier molecular flexibility index (Phi) is 5.24. The van der Waals surface area contributed by atoms with Crippen LogP contribution < -0.4 is 15.0 Å². The minimum absolute atomic E-state index is 0.0576. The van der Waals surface area contributed by atoms with Crippen LogP contribution in [0.4, 0.5) is 5.69 Å². The van der Waals surface area contributed by atoms with Gasteiger partial charge in [-0.15, -0.1) is 0 Å². The van der Waals surface area contributed by atoms with Crippen molar-refractivity contribution in [1.82, 2.24) is 5.32 Å². The van der Waals surface area contributed by atoms with Gasteiger partial charge in [-0.1, -0.05) is 23.7 Å². The molecule has 5 nitrogen and oxygen atoms in total. The molecule has 25 heavy (non-hydrogen) atoms. The highest BCUT2D eigenvalue weighted by atomic mass is 35.5. The molecule has 2 amide bonds. The monoisotopic (exact) mass is 358 g/mol. The number of halogens is 1. The van der Waals surface area contributed by atoms with Gasteiger partial charge in [0.1, 0.15) is 5.75 Å². The van der Waals surface area contributed by atoms with E-state index in [9.17, 15) is 9.59 Å². The summed E-state index contributed by atoms with van der Waals surface area (Å²) in [6.45, 7) is 1.01. The van der Waals surface area contributed by atoms with Gasteiger partial charge >= 0.3 is 0 Å². The number of nitrogens with one attached hydrogen (secondary N) is 1. The molecule has 1 heterocycles. The second kappa shape index (κ2) is 7.57. The lowest BCUT2D eigenvalue weighted by Gasteiger charge is -2.17. The van der Waals surface area contributed by atoms with E-state index >= 15 is 0 Å². The van der Waals surface area contributed by atoms with Gasteiger partial charge in [-0.2, -0.15) is 0 Å². The fourth-order valence-corrected chi connectivity index (χ4v) is 3.13. The van der Waals surface area contributed by atoms with Gasteiger partial charge in [0.2, 0.25) is 5.91 Å². The second-order valence-electron chi connectivity index (χ2n) is 5.96. The number of carbonyl (C=O) groups excluding carboxylic acids is 2. The van der Waals surface area contributed by atoms with E-state index in [1.165, 1.54) is 0 Å². The summed E-state index contributed by atoms with van der Waals surface area (Å²) in [7, 11) is 1.60. The van der Waals surface area contributed by atoms with E-state index in [2.05, 4.69) is 5.32 Å². The third-order valence-electron chi connectivity index (χ3n) is 4.26. The molecule has 1 aliphatic rings. The Balaban J connectivity index is 1.59. The van der Waals surface area contributed by atoms with Crippen LogP contribution >= 0.6 is 11.6 Å². The first-order valence-corrected chi connectivity index (χ1v) is 8.43. The fraction of sp³-hybridized carbons (Fsp3) is 0.263. The first kappa shape index (κ1) is 17.3. The zero-order chi connectivity index (χ0) is 17.8. The maximum atomic E-state index is 12.3. The lowest BCUT2D eigenvalue weighted by molar-refractivity contribution is -0.117. The van der Waals surface area contributed by atoms with Crippen LogP contribution in [0.15, 0.2) is 48.5 Å². The van der Waals surface area contributed by atoms with Gasteiger partial charge in [0.25, 0.3) is 5.91 Å². The number of anilines is 1. The average molecular weight is 359 g/mol. The highest BCUT2D eigenvalue weighted by molar-refractivity contribution is 6.33. The lowest BCUT2D eigenvalue weighted by atomic mass is 10.1. The fourth-order valence-electron chi connectivity index (χ4n) is 2.91. The summed E-state index contributed by atoms with van der Waals surface area (Å²) in [4.78, 5) is 26.2. The number of hydrogen-bond donors (Lipinski definition) is 1. The van der Waals surface area contributed by atoms with Crippen molar-refractivity contribution in [2.75, 3.05) is 25.1 Å². The van der Waals surface area contributed by atoms with E-state index in [0.29, 0.717) is 30.1 Å². The summed E-state index contributed by atoms with van der Waals surface area (Å²) < 4.78 is 5.13. The van der Waals surface area contributed by atoms with Gasteiger partial charge in [0, 0.05) is 31.1 Å². The molecule has 1 atom stereocenters. The molecule has 1 unspecified atom stereocenters. The van der Waals surface area contributed by atoms with Crippen molar-refractivity contribution in [1.29, 1.82) is 0 Å². The minimum Gasteiger partial charge on any atom is -0.497 e. The summed E-state index contributed by atoms with van der Waals surface area (Å²) >= 11 is 6.03. The molecule has 1 fully saturated rings. The Morgan fingerprint density at radius 1 is 1.24 bits per heavy atom. The van der Waals surface area contributed by atoms with Crippen LogP contribution in [-0.2, 0) is 4.79 Å². The summed E-state index contributed by atoms with van der Waals surface area (Å²) in [5.74, 6) is 0.656. The van der Waals surface area contributed by atoms with Crippen LogP contribution in [0.5, 0.6) is 5.75 Å². The van der Waals surface area contributed by atoms with Gasteiger partial charge in [0.15, 0.2) is 0 Å². The predicted octanol–water partition coefficient (Wildman–Crippen LogP) is 3.13. The standard InChI is InChI=1S/C19H19ClN2O3/c1-25-15-8-6-14(7-9-15)22-12-13(10-18(22)23)11-21-19(24)16-4-2-3-5-17(16)20/h2-9,13H,10-12H2,1H3,(H,21,24). The predicted molar refractivity (Wildman–Crippen MR) is 97.2 cm³/mol. The van der Waals surface area contributed by atoms with Crippen LogP contribution in [-0.4, -0.2) is 32.0 Å². The van der Waals surface area contributed by atoms with Crippen LogP contribution in [0.2, 0.25) is 5.02 Å². The topological polar surface area (TPSA) is 58.6 Å². The van der Waals surface area contributed by atoms with Gasteiger partial charge in [-0.05, 0) is 36.4 Å². The third kappa shape index (κ3) is 3.94. The Bertz CT molecular complexity index is 776. The Morgan fingerprint density at radius 3 is 2.64 bits per heavy atom. The molecule has 2 aromatic rings. The molecule has 3 rings (SSSR count). The van der Waals surface area contributed by atoms with E-state index < -0.39 is 0 Å². The molecule has 0 aliphatic carbocycles. The SMILES string of the molecule is COc1ccc(N2CC(CNC(=O)c3ccccc3Cl)CC2=O)cc1. The largest absolute Gasteiger partial charge is 0.497 e. The summed E-state index contributed by atoms with van der Waals surface area (Å²) in [5.41, 5.74) is 1.28. The number of methoxy groups -OCH3 is 1.